The van der Waals surface area contributed by atoms with E-state index in [1.807, 2.05) is 4.90 Å². The molecule has 2 rings (SSSR count). The molecule has 1 amide bonds. The summed E-state index contributed by atoms with van der Waals surface area (Å²) in [7, 11) is 0. The van der Waals surface area contributed by atoms with Gasteiger partial charge < -0.3 is 15.3 Å². The van der Waals surface area contributed by atoms with E-state index in [1.165, 1.54) is 30.0 Å². The third-order valence-electron chi connectivity index (χ3n) is 3.56. The number of carbonyl (C=O) groups excluding carboxylic acids is 1. The maximum atomic E-state index is 11.7. The van der Waals surface area contributed by atoms with Crippen molar-refractivity contribution in [3.8, 4) is 0 Å². The van der Waals surface area contributed by atoms with Crippen LogP contribution in [0.2, 0.25) is 0 Å². The lowest BCUT2D eigenvalue weighted by molar-refractivity contribution is -0.127. The molecule has 0 atom stereocenters. The molecule has 0 fully saturated rings. The molecule has 0 spiro atoms. The Labute approximate surface area is 144 Å². The summed E-state index contributed by atoms with van der Waals surface area (Å²) in [4.78, 5) is 21.9. The molecule has 5 heteroatoms. The Morgan fingerprint density at radius 2 is 2.04 bits per heavy atom. The van der Waals surface area contributed by atoms with E-state index < -0.39 is 0 Å². The minimum atomic E-state index is -0.250. The summed E-state index contributed by atoms with van der Waals surface area (Å²) in [6.45, 7) is 14.0. The summed E-state index contributed by atoms with van der Waals surface area (Å²) in [5.41, 5.74) is 3.76. The normalized spacial score (nSPS) is 11.6. The summed E-state index contributed by atoms with van der Waals surface area (Å²) < 4.78 is 0. The summed E-state index contributed by atoms with van der Waals surface area (Å²) in [5, 5.41) is 10.3. The number of nitrogens with zero attached hydrogens (tertiary/aromatic N) is 1. The molecule has 1 aromatic carbocycles. The fraction of sp³-hybridized carbons (Fsp3) is 0.368. The zero-order chi connectivity index (χ0) is 18.4. The number of nitrogens with one attached hydrogen (secondary N) is 1. The molecule has 24 heavy (non-hydrogen) atoms. The number of anilines is 1. The van der Waals surface area contributed by atoms with E-state index in [4.69, 9.17) is 9.90 Å². The first kappa shape index (κ1) is 21.4. The van der Waals surface area contributed by atoms with E-state index in [-0.39, 0.29) is 12.4 Å². The van der Waals surface area contributed by atoms with Crippen LogP contribution in [0.3, 0.4) is 0 Å². The highest BCUT2D eigenvalue weighted by Crippen LogP contribution is 2.22. The van der Waals surface area contributed by atoms with Gasteiger partial charge in [0.25, 0.3) is 6.47 Å². The largest absolute Gasteiger partial charge is 0.483 e. The second-order valence-electron chi connectivity index (χ2n) is 5.08. The number of fused-ring (bicyclic) bond motifs is 1. The van der Waals surface area contributed by atoms with Gasteiger partial charge in [0.1, 0.15) is 0 Å². The second kappa shape index (κ2) is 12.9. The van der Waals surface area contributed by atoms with Crippen molar-refractivity contribution in [3.05, 3.63) is 55.1 Å². The van der Waals surface area contributed by atoms with Crippen LogP contribution in [0, 0.1) is 0 Å². The van der Waals surface area contributed by atoms with E-state index in [2.05, 4.69) is 50.2 Å². The van der Waals surface area contributed by atoms with Gasteiger partial charge in [0.15, 0.2) is 0 Å². The van der Waals surface area contributed by atoms with Crippen LogP contribution >= 0.6 is 0 Å². The van der Waals surface area contributed by atoms with Crippen molar-refractivity contribution in [1.82, 2.24) is 4.90 Å². The number of hydrogen-bond donors (Lipinski definition) is 2. The molecule has 0 saturated carbocycles. The van der Waals surface area contributed by atoms with Gasteiger partial charge in [0.05, 0.1) is 0 Å². The molecule has 1 aromatic rings. The fourth-order valence-electron chi connectivity index (χ4n) is 2.39. The molecular weight excluding hydrogens is 304 g/mol. The number of benzene rings is 1. The van der Waals surface area contributed by atoms with Crippen LogP contribution in [0.15, 0.2) is 44.0 Å². The summed E-state index contributed by atoms with van der Waals surface area (Å²) >= 11 is 0. The number of hydrogen-bond acceptors (Lipinski definition) is 3. The van der Waals surface area contributed by atoms with Crippen molar-refractivity contribution in [2.45, 2.75) is 32.7 Å². The van der Waals surface area contributed by atoms with Crippen molar-refractivity contribution in [2.75, 3.05) is 18.4 Å². The van der Waals surface area contributed by atoms with Crippen LogP contribution < -0.4 is 5.32 Å². The third-order valence-corrected chi connectivity index (χ3v) is 3.56. The van der Waals surface area contributed by atoms with E-state index in [9.17, 15) is 4.79 Å². The van der Waals surface area contributed by atoms with Gasteiger partial charge in [0.2, 0.25) is 5.91 Å². The lowest BCUT2D eigenvalue weighted by Crippen LogP contribution is -2.34. The maximum absolute atomic E-state index is 11.7. The quantitative estimate of drug-likeness (QED) is 0.375. The Balaban J connectivity index is 0.000000952. The lowest BCUT2D eigenvalue weighted by atomic mass is 9.99. The van der Waals surface area contributed by atoms with Crippen molar-refractivity contribution in [2.24, 2.45) is 0 Å². The van der Waals surface area contributed by atoms with Crippen molar-refractivity contribution >= 4 is 18.1 Å². The third kappa shape index (κ3) is 7.13. The predicted octanol–water partition coefficient (Wildman–Crippen LogP) is 3.47. The standard InChI is InChI=1S/C16H22N2O.C2H4.CH2O2/c1-3-5-9-17-15-7-6-13-8-10-18(16(19)4-2)12-14(13)11-15;1-2;2-1-3/h4,6-7,11,17H,2-3,5,8-10,12H2,1H3;1-2H2;1H,(H,2,3). The SMILES string of the molecule is C=C.C=CC(=O)N1CCc2ccc(NCCCC)cc2C1.O=CO. The molecule has 5 nitrogen and oxygen atoms in total. The van der Waals surface area contributed by atoms with Gasteiger partial charge >= 0.3 is 0 Å². The molecule has 1 aliphatic rings. The fourth-order valence-corrected chi connectivity index (χ4v) is 2.39. The molecule has 0 unspecified atom stereocenters. The van der Waals surface area contributed by atoms with Gasteiger partial charge in [0, 0.05) is 25.3 Å². The molecular formula is C19H28N2O3. The van der Waals surface area contributed by atoms with E-state index in [0.29, 0.717) is 6.54 Å². The van der Waals surface area contributed by atoms with Gasteiger partial charge in [-0.05, 0) is 42.2 Å². The van der Waals surface area contributed by atoms with Gasteiger partial charge in [-0.2, -0.15) is 0 Å². The highest BCUT2D eigenvalue weighted by Gasteiger charge is 2.18. The first-order valence-electron chi connectivity index (χ1n) is 8.01. The average molecular weight is 332 g/mol. The van der Waals surface area contributed by atoms with Crippen molar-refractivity contribution in [3.63, 3.8) is 0 Å². The Hall–Kier alpha value is -2.56. The molecule has 0 aromatic heterocycles. The minimum absolute atomic E-state index is 0.0231. The molecule has 0 aliphatic carbocycles. The first-order chi connectivity index (χ1) is 11.7. The molecule has 0 radical (unpaired) electrons. The summed E-state index contributed by atoms with van der Waals surface area (Å²) in [6, 6.07) is 6.49. The average Bonchev–Trinajstić information content (AvgIpc) is 2.63. The Kier molecular flexibility index (Phi) is 11.6. The number of rotatable bonds is 5. The van der Waals surface area contributed by atoms with Crippen LogP contribution in [0.1, 0.15) is 30.9 Å². The van der Waals surface area contributed by atoms with E-state index in [1.54, 1.807) is 0 Å². The molecule has 1 heterocycles. The Bertz CT molecular complexity index is 529. The zero-order valence-electron chi connectivity index (χ0n) is 14.5. The minimum Gasteiger partial charge on any atom is -0.483 e. The number of amides is 1. The summed E-state index contributed by atoms with van der Waals surface area (Å²) in [5.74, 6) is 0.0231. The summed E-state index contributed by atoms with van der Waals surface area (Å²) in [6.07, 6.45) is 4.70. The first-order valence-corrected chi connectivity index (χ1v) is 8.01. The Morgan fingerprint density at radius 1 is 1.38 bits per heavy atom. The Morgan fingerprint density at radius 3 is 2.62 bits per heavy atom. The van der Waals surface area contributed by atoms with Gasteiger partial charge in [-0.25, -0.2) is 0 Å². The van der Waals surface area contributed by atoms with Gasteiger partial charge in [-0.15, -0.1) is 13.2 Å². The van der Waals surface area contributed by atoms with Crippen LogP contribution in [0.25, 0.3) is 0 Å². The molecule has 2 N–H and O–H groups in total. The number of unbranched alkanes of at least 4 members (excludes halogenated alkanes) is 1. The van der Waals surface area contributed by atoms with Crippen LogP contribution in [0.4, 0.5) is 5.69 Å². The molecule has 1 aliphatic heterocycles. The number of carboxylic acid groups (broad SMARTS) is 1. The number of carbonyl (C=O) groups is 2. The monoisotopic (exact) mass is 332 g/mol. The van der Waals surface area contributed by atoms with Crippen LogP contribution in [-0.4, -0.2) is 35.5 Å². The molecule has 0 bridgehead atoms. The maximum Gasteiger partial charge on any atom is 0.290 e. The highest BCUT2D eigenvalue weighted by atomic mass is 16.3. The van der Waals surface area contributed by atoms with Crippen molar-refractivity contribution in [1.29, 1.82) is 0 Å². The van der Waals surface area contributed by atoms with Crippen LogP contribution in [-0.2, 0) is 22.6 Å². The predicted molar refractivity (Wildman–Crippen MR) is 99.1 cm³/mol. The zero-order valence-corrected chi connectivity index (χ0v) is 14.5. The smallest absolute Gasteiger partial charge is 0.290 e. The molecule has 0 saturated heterocycles. The van der Waals surface area contributed by atoms with Crippen molar-refractivity contribution < 1.29 is 14.7 Å². The van der Waals surface area contributed by atoms with Gasteiger partial charge in [-0.3, -0.25) is 9.59 Å². The topological polar surface area (TPSA) is 69.6 Å². The van der Waals surface area contributed by atoms with E-state index in [0.717, 1.165) is 25.2 Å². The van der Waals surface area contributed by atoms with Gasteiger partial charge in [-0.1, -0.05) is 26.0 Å². The highest BCUT2D eigenvalue weighted by molar-refractivity contribution is 5.87. The van der Waals surface area contributed by atoms with E-state index >= 15 is 0 Å². The van der Waals surface area contributed by atoms with Crippen LogP contribution in [0.5, 0.6) is 0 Å². The second-order valence-corrected chi connectivity index (χ2v) is 5.08. The lowest BCUT2D eigenvalue weighted by Gasteiger charge is -2.28. The molecule has 132 valence electrons.